The zero-order valence-corrected chi connectivity index (χ0v) is 8.70. The van der Waals surface area contributed by atoms with Crippen LogP contribution in [0.3, 0.4) is 0 Å². The van der Waals surface area contributed by atoms with Crippen molar-refractivity contribution in [2.24, 2.45) is 6.98 Å². The molecule has 0 aliphatic carbocycles. The summed E-state index contributed by atoms with van der Waals surface area (Å²) in [5.74, 6) is 0.354. The molecule has 1 aromatic heterocycles. The van der Waals surface area contributed by atoms with Gasteiger partial charge in [-0.05, 0) is 24.0 Å². The summed E-state index contributed by atoms with van der Waals surface area (Å²) in [7, 11) is 0. The molecule has 0 aliphatic heterocycles. The van der Waals surface area contributed by atoms with Crippen LogP contribution in [0.5, 0.6) is 0 Å². The number of benzene rings is 1. The Morgan fingerprint density at radius 2 is 2.21 bits per heavy atom. The lowest BCUT2D eigenvalue weighted by molar-refractivity contribution is 0.794. The Bertz CT molecular complexity index is 553. The van der Waals surface area contributed by atoms with E-state index in [4.69, 9.17) is 4.11 Å². The monoisotopic (exact) mass is 191 g/mol. The van der Waals surface area contributed by atoms with Crippen LogP contribution in [0.25, 0.3) is 10.9 Å². The summed E-state index contributed by atoms with van der Waals surface area (Å²) in [5.41, 5.74) is 2.80. The van der Waals surface area contributed by atoms with E-state index in [1.54, 1.807) is 6.20 Å². The molecule has 0 radical (unpaired) electrons. The largest absolute Gasteiger partial charge is 0.268 e. The molecule has 0 spiro atoms. The molecule has 0 unspecified atom stereocenters. The van der Waals surface area contributed by atoms with E-state index in [2.05, 4.69) is 18.9 Å². The second-order valence-corrected chi connectivity index (χ2v) is 3.95. The zero-order valence-electron chi connectivity index (χ0n) is 11.7. The van der Waals surface area contributed by atoms with Gasteiger partial charge >= 0.3 is 0 Å². The number of nitrogens with zero attached hydrogens (tertiary/aromatic N) is 2. The zero-order chi connectivity index (χ0) is 12.8. The number of aryl methyl sites for hydroxylation is 2. The minimum absolute atomic E-state index is 0.354. The van der Waals surface area contributed by atoms with Crippen LogP contribution in [0.2, 0.25) is 0 Å². The second-order valence-electron chi connectivity index (χ2n) is 3.95. The molecular formula is C12H16N2. The van der Waals surface area contributed by atoms with E-state index in [1.165, 1.54) is 0 Å². The molecule has 74 valence electrons. The minimum atomic E-state index is -2.22. The van der Waals surface area contributed by atoms with Crippen molar-refractivity contribution in [1.29, 1.82) is 0 Å². The highest BCUT2D eigenvalue weighted by atomic mass is 15.2. The molecule has 1 heterocycles. The van der Waals surface area contributed by atoms with Gasteiger partial charge in [-0.2, -0.15) is 5.10 Å². The highest BCUT2D eigenvalue weighted by molar-refractivity contribution is 5.85. The number of aromatic nitrogens is 2. The van der Waals surface area contributed by atoms with Crippen LogP contribution >= 0.6 is 0 Å². The standard InChI is InChI=1S/C12H16N2/c1-8(2)10-6-5-9(3)12-11(10)7-13-14(12)4/h5-8H,1-4H3/i4D3. The summed E-state index contributed by atoms with van der Waals surface area (Å²) in [5, 5.41) is 4.97. The first kappa shape index (κ1) is 6.23. The average molecular weight is 191 g/mol. The fourth-order valence-corrected chi connectivity index (χ4v) is 1.83. The van der Waals surface area contributed by atoms with Gasteiger partial charge in [0.2, 0.25) is 0 Å². The molecule has 0 atom stereocenters. The minimum Gasteiger partial charge on any atom is -0.268 e. The molecule has 0 aliphatic rings. The third kappa shape index (κ3) is 1.22. The predicted molar refractivity (Wildman–Crippen MR) is 59.5 cm³/mol. The van der Waals surface area contributed by atoms with Crippen LogP contribution in [0.15, 0.2) is 18.3 Å². The molecule has 2 aromatic rings. The lowest BCUT2D eigenvalue weighted by Gasteiger charge is -2.08. The number of hydrogen-bond acceptors (Lipinski definition) is 1. The van der Waals surface area contributed by atoms with Gasteiger partial charge in [0.1, 0.15) is 0 Å². The Balaban J connectivity index is 2.81. The Morgan fingerprint density at radius 3 is 2.86 bits per heavy atom. The molecule has 0 saturated heterocycles. The Morgan fingerprint density at radius 1 is 1.43 bits per heavy atom. The third-order valence-corrected chi connectivity index (χ3v) is 2.59. The summed E-state index contributed by atoms with van der Waals surface area (Å²) >= 11 is 0. The summed E-state index contributed by atoms with van der Waals surface area (Å²) in [6.45, 7) is 3.88. The molecule has 2 rings (SSSR count). The lowest BCUT2D eigenvalue weighted by Crippen LogP contribution is -1.94. The van der Waals surface area contributed by atoms with Crippen molar-refractivity contribution in [3.05, 3.63) is 29.5 Å². The summed E-state index contributed by atoms with van der Waals surface area (Å²) in [4.78, 5) is 0. The summed E-state index contributed by atoms with van der Waals surface area (Å²) in [6.07, 6.45) is 1.66. The molecule has 0 bridgehead atoms. The lowest BCUT2D eigenvalue weighted by atomic mass is 9.98. The molecule has 14 heavy (non-hydrogen) atoms. The van der Waals surface area contributed by atoms with Crippen LogP contribution in [-0.2, 0) is 6.98 Å². The van der Waals surface area contributed by atoms with Gasteiger partial charge in [-0.1, -0.05) is 26.0 Å². The molecule has 0 fully saturated rings. The molecule has 2 nitrogen and oxygen atoms in total. The van der Waals surface area contributed by atoms with E-state index in [9.17, 15) is 0 Å². The van der Waals surface area contributed by atoms with Crippen molar-refractivity contribution >= 4 is 10.9 Å². The summed E-state index contributed by atoms with van der Waals surface area (Å²) < 4.78 is 23.6. The third-order valence-electron chi connectivity index (χ3n) is 2.59. The van der Waals surface area contributed by atoms with Crippen LogP contribution < -0.4 is 0 Å². The molecule has 2 heteroatoms. The summed E-state index contributed by atoms with van der Waals surface area (Å²) in [6, 6.07) is 4.01. The first-order valence-electron chi connectivity index (χ1n) is 6.30. The maximum Gasteiger partial charge on any atom is 0.0711 e. The maximum atomic E-state index is 7.48. The number of rotatable bonds is 1. The quantitative estimate of drug-likeness (QED) is 0.677. The Kier molecular flexibility index (Phi) is 1.39. The van der Waals surface area contributed by atoms with Crippen LogP contribution in [0, 0.1) is 6.92 Å². The van der Waals surface area contributed by atoms with Gasteiger partial charge in [-0.25, -0.2) is 0 Å². The fraction of sp³-hybridized carbons (Fsp3) is 0.417. The van der Waals surface area contributed by atoms with Gasteiger partial charge in [0.25, 0.3) is 0 Å². The smallest absolute Gasteiger partial charge is 0.0711 e. The normalized spacial score (nSPS) is 15.6. The average Bonchev–Trinajstić information content (AvgIpc) is 2.61. The molecular weight excluding hydrogens is 172 g/mol. The Hall–Kier alpha value is -1.31. The van der Waals surface area contributed by atoms with Crippen molar-refractivity contribution in [1.82, 2.24) is 9.78 Å². The first-order chi connectivity index (χ1) is 7.82. The van der Waals surface area contributed by atoms with Crippen LogP contribution in [-0.4, -0.2) is 9.78 Å². The van der Waals surface area contributed by atoms with Gasteiger partial charge in [-0.3, -0.25) is 4.68 Å². The molecule has 1 aromatic carbocycles. The van der Waals surface area contributed by atoms with Crippen molar-refractivity contribution < 1.29 is 4.11 Å². The molecule has 0 N–H and O–H groups in total. The van der Waals surface area contributed by atoms with Crippen LogP contribution in [0.1, 0.15) is 35.0 Å². The van der Waals surface area contributed by atoms with Crippen LogP contribution in [0.4, 0.5) is 0 Å². The topological polar surface area (TPSA) is 17.8 Å². The van der Waals surface area contributed by atoms with Gasteiger partial charge in [-0.15, -0.1) is 0 Å². The van der Waals surface area contributed by atoms with Gasteiger partial charge in [0.05, 0.1) is 11.7 Å². The fourth-order valence-electron chi connectivity index (χ4n) is 1.83. The van der Waals surface area contributed by atoms with E-state index < -0.39 is 6.98 Å². The van der Waals surface area contributed by atoms with E-state index in [0.717, 1.165) is 26.7 Å². The van der Waals surface area contributed by atoms with E-state index in [1.807, 2.05) is 19.1 Å². The predicted octanol–water partition coefficient (Wildman–Crippen LogP) is 3.01. The van der Waals surface area contributed by atoms with Gasteiger partial charge in [0, 0.05) is 16.5 Å². The van der Waals surface area contributed by atoms with Gasteiger partial charge < -0.3 is 0 Å². The number of hydrogen-bond donors (Lipinski definition) is 0. The van der Waals surface area contributed by atoms with Crippen molar-refractivity contribution in [2.45, 2.75) is 26.7 Å². The molecule has 0 amide bonds. The van der Waals surface area contributed by atoms with Crippen molar-refractivity contribution in [3.8, 4) is 0 Å². The highest BCUT2D eigenvalue weighted by Gasteiger charge is 2.09. The van der Waals surface area contributed by atoms with E-state index in [-0.39, 0.29) is 0 Å². The molecule has 0 saturated carbocycles. The van der Waals surface area contributed by atoms with Crippen molar-refractivity contribution in [2.75, 3.05) is 0 Å². The SMILES string of the molecule is [2H]C([2H])([2H])n1ncc2c(C(C)C)ccc(C)c21. The van der Waals surface area contributed by atoms with E-state index in [0.29, 0.717) is 5.92 Å². The van der Waals surface area contributed by atoms with Crippen molar-refractivity contribution in [3.63, 3.8) is 0 Å². The van der Waals surface area contributed by atoms with E-state index >= 15 is 0 Å². The Labute approximate surface area is 88.8 Å². The first-order valence-corrected chi connectivity index (χ1v) is 4.80. The maximum absolute atomic E-state index is 7.48. The second kappa shape index (κ2) is 3.12. The number of fused-ring (bicyclic) bond motifs is 1. The highest BCUT2D eigenvalue weighted by Crippen LogP contribution is 2.26. The van der Waals surface area contributed by atoms with Gasteiger partial charge in [0.15, 0.2) is 0 Å².